The normalized spacial score (nSPS) is 21.7. The van der Waals surface area contributed by atoms with E-state index >= 15 is 0 Å². The molecule has 0 aliphatic carbocycles. The molecule has 130 valence electrons. The van der Waals surface area contributed by atoms with Gasteiger partial charge in [-0.3, -0.25) is 4.90 Å². The summed E-state index contributed by atoms with van der Waals surface area (Å²) in [5, 5.41) is 3.10. The molecule has 0 radical (unpaired) electrons. The summed E-state index contributed by atoms with van der Waals surface area (Å²) in [4.78, 5) is 7.21. The SMILES string of the molecule is COc1ccc(-c2nc(CN3CC(C)OC(C)C3)cs2)c(OC)c1. The van der Waals surface area contributed by atoms with Crippen molar-refractivity contribution in [1.82, 2.24) is 9.88 Å². The zero-order valence-corrected chi connectivity index (χ0v) is 15.4. The van der Waals surface area contributed by atoms with Crippen LogP contribution in [0.4, 0.5) is 0 Å². The molecule has 2 atom stereocenters. The summed E-state index contributed by atoms with van der Waals surface area (Å²) in [6.45, 7) is 6.99. The van der Waals surface area contributed by atoms with Gasteiger partial charge in [-0.25, -0.2) is 4.98 Å². The Bertz CT molecular complexity index is 679. The Morgan fingerprint density at radius 1 is 1.21 bits per heavy atom. The highest BCUT2D eigenvalue weighted by Gasteiger charge is 2.23. The second-order valence-electron chi connectivity index (χ2n) is 6.16. The zero-order chi connectivity index (χ0) is 17.1. The first-order valence-corrected chi connectivity index (χ1v) is 9.01. The van der Waals surface area contributed by atoms with Crippen molar-refractivity contribution in [3.05, 3.63) is 29.3 Å². The van der Waals surface area contributed by atoms with E-state index in [0.717, 1.165) is 47.4 Å². The number of nitrogens with zero attached hydrogens (tertiary/aromatic N) is 2. The topological polar surface area (TPSA) is 43.8 Å². The van der Waals surface area contributed by atoms with Crippen LogP contribution in [0.2, 0.25) is 0 Å². The van der Waals surface area contributed by atoms with Gasteiger partial charge in [-0.15, -0.1) is 11.3 Å². The van der Waals surface area contributed by atoms with Gasteiger partial charge in [0.15, 0.2) is 0 Å². The fourth-order valence-electron chi connectivity index (χ4n) is 3.12. The Morgan fingerprint density at radius 2 is 1.96 bits per heavy atom. The van der Waals surface area contributed by atoms with Crippen LogP contribution < -0.4 is 9.47 Å². The van der Waals surface area contributed by atoms with Crippen LogP contribution in [0, 0.1) is 0 Å². The van der Waals surface area contributed by atoms with Crippen molar-refractivity contribution in [2.45, 2.75) is 32.6 Å². The van der Waals surface area contributed by atoms with E-state index in [0.29, 0.717) is 0 Å². The van der Waals surface area contributed by atoms with Crippen LogP contribution in [0.3, 0.4) is 0 Å². The summed E-state index contributed by atoms with van der Waals surface area (Å²) in [5.74, 6) is 1.56. The molecule has 0 saturated carbocycles. The molecule has 2 aromatic rings. The second-order valence-corrected chi connectivity index (χ2v) is 7.02. The molecule has 1 aromatic heterocycles. The van der Waals surface area contributed by atoms with E-state index in [4.69, 9.17) is 19.2 Å². The Morgan fingerprint density at radius 3 is 2.62 bits per heavy atom. The first-order valence-electron chi connectivity index (χ1n) is 8.13. The summed E-state index contributed by atoms with van der Waals surface area (Å²) >= 11 is 1.65. The van der Waals surface area contributed by atoms with Gasteiger partial charge >= 0.3 is 0 Å². The van der Waals surface area contributed by atoms with Gasteiger partial charge in [0.25, 0.3) is 0 Å². The molecule has 5 nitrogen and oxygen atoms in total. The van der Waals surface area contributed by atoms with Gasteiger partial charge in [0.2, 0.25) is 0 Å². The number of hydrogen-bond donors (Lipinski definition) is 0. The number of aromatic nitrogens is 1. The quantitative estimate of drug-likeness (QED) is 0.828. The fraction of sp³-hybridized carbons (Fsp3) is 0.500. The number of morpholine rings is 1. The van der Waals surface area contributed by atoms with Gasteiger partial charge in [-0.2, -0.15) is 0 Å². The Labute approximate surface area is 147 Å². The highest BCUT2D eigenvalue weighted by Crippen LogP contribution is 2.35. The molecular weight excluding hydrogens is 324 g/mol. The van der Waals surface area contributed by atoms with E-state index in [-0.39, 0.29) is 12.2 Å². The van der Waals surface area contributed by atoms with Gasteiger partial charge in [0.05, 0.1) is 37.7 Å². The number of ether oxygens (including phenoxy) is 3. The third-order valence-corrected chi connectivity index (χ3v) is 5.00. The van der Waals surface area contributed by atoms with Crippen molar-refractivity contribution < 1.29 is 14.2 Å². The largest absolute Gasteiger partial charge is 0.497 e. The van der Waals surface area contributed by atoms with Crippen molar-refractivity contribution in [1.29, 1.82) is 0 Å². The van der Waals surface area contributed by atoms with Crippen molar-refractivity contribution in [2.75, 3.05) is 27.3 Å². The monoisotopic (exact) mass is 348 g/mol. The Kier molecular flexibility index (Phi) is 5.38. The van der Waals surface area contributed by atoms with E-state index in [2.05, 4.69) is 24.1 Å². The summed E-state index contributed by atoms with van der Waals surface area (Å²) in [5.41, 5.74) is 2.09. The lowest BCUT2D eigenvalue weighted by molar-refractivity contribution is -0.0707. The number of hydrogen-bond acceptors (Lipinski definition) is 6. The molecule has 1 fully saturated rings. The van der Waals surface area contributed by atoms with Crippen molar-refractivity contribution >= 4 is 11.3 Å². The van der Waals surface area contributed by atoms with Crippen LogP contribution in [0.15, 0.2) is 23.6 Å². The predicted molar refractivity (Wildman–Crippen MR) is 95.9 cm³/mol. The first kappa shape index (κ1) is 17.2. The first-order chi connectivity index (χ1) is 11.6. The van der Waals surface area contributed by atoms with Crippen LogP contribution in [-0.4, -0.2) is 49.4 Å². The van der Waals surface area contributed by atoms with E-state index in [1.165, 1.54) is 0 Å². The summed E-state index contributed by atoms with van der Waals surface area (Å²) in [6, 6.07) is 5.82. The highest BCUT2D eigenvalue weighted by molar-refractivity contribution is 7.13. The van der Waals surface area contributed by atoms with Crippen LogP contribution in [-0.2, 0) is 11.3 Å². The lowest BCUT2D eigenvalue weighted by Crippen LogP contribution is -2.44. The molecule has 3 rings (SSSR count). The molecular formula is C18H24N2O3S. The van der Waals surface area contributed by atoms with E-state index in [1.54, 1.807) is 25.6 Å². The predicted octanol–water partition coefficient (Wildman–Crippen LogP) is 3.44. The molecule has 1 aromatic carbocycles. The average molecular weight is 348 g/mol. The number of methoxy groups -OCH3 is 2. The van der Waals surface area contributed by atoms with Gasteiger partial charge in [0, 0.05) is 31.1 Å². The van der Waals surface area contributed by atoms with Gasteiger partial charge < -0.3 is 14.2 Å². The molecule has 0 amide bonds. The minimum absolute atomic E-state index is 0.272. The summed E-state index contributed by atoms with van der Waals surface area (Å²) in [7, 11) is 3.32. The minimum Gasteiger partial charge on any atom is -0.497 e. The van der Waals surface area contributed by atoms with E-state index < -0.39 is 0 Å². The average Bonchev–Trinajstić information content (AvgIpc) is 3.01. The molecule has 1 saturated heterocycles. The van der Waals surface area contributed by atoms with Crippen LogP contribution >= 0.6 is 11.3 Å². The third kappa shape index (κ3) is 3.88. The molecule has 2 heterocycles. The van der Waals surface area contributed by atoms with E-state index in [1.807, 2.05) is 18.2 Å². The third-order valence-electron chi connectivity index (χ3n) is 4.07. The maximum absolute atomic E-state index is 5.79. The Balaban J connectivity index is 1.76. The zero-order valence-electron chi connectivity index (χ0n) is 14.6. The number of thiazole rings is 1. The summed E-state index contributed by atoms with van der Waals surface area (Å²) in [6.07, 6.45) is 0.544. The maximum Gasteiger partial charge on any atom is 0.132 e. The molecule has 2 unspecified atom stereocenters. The molecule has 0 N–H and O–H groups in total. The molecule has 1 aliphatic rings. The van der Waals surface area contributed by atoms with E-state index in [9.17, 15) is 0 Å². The fourth-order valence-corrected chi connectivity index (χ4v) is 3.96. The second kappa shape index (κ2) is 7.51. The lowest BCUT2D eigenvalue weighted by Gasteiger charge is -2.34. The highest BCUT2D eigenvalue weighted by atomic mass is 32.1. The molecule has 1 aliphatic heterocycles. The molecule has 24 heavy (non-hydrogen) atoms. The number of rotatable bonds is 5. The van der Waals surface area contributed by atoms with Crippen LogP contribution in [0.25, 0.3) is 10.6 Å². The van der Waals surface area contributed by atoms with Gasteiger partial charge in [-0.1, -0.05) is 0 Å². The lowest BCUT2D eigenvalue weighted by atomic mass is 10.2. The van der Waals surface area contributed by atoms with Crippen LogP contribution in [0.5, 0.6) is 11.5 Å². The maximum atomic E-state index is 5.79. The van der Waals surface area contributed by atoms with Gasteiger partial charge in [-0.05, 0) is 26.0 Å². The van der Waals surface area contributed by atoms with Crippen molar-refractivity contribution in [3.8, 4) is 22.1 Å². The molecule has 0 spiro atoms. The molecule has 0 bridgehead atoms. The smallest absolute Gasteiger partial charge is 0.132 e. The van der Waals surface area contributed by atoms with Gasteiger partial charge in [0.1, 0.15) is 16.5 Å². The number of benzene rings is 1. The summed E-state index contributed by atoms with van der Waals surface area (Å²) < 4.78 is 16.5. The van der Waals surface area contributed by atoms with Crippen LogP contribution in [0.1, 0.15) is 19.5 Å². The minimum atomic E-state index is 0.272. The van der Waals surface area contributed by atoms with Crippen molar-refractivity contribution in [2.24, 2.45) is 0 Å². The molecule has 6 heteroatoms. The standard InChI is InChI=1S/C18H24N2O3S/c1-12-8-20(9-13(2)23-12)10-14-11-24-18(19-14)16-6-5-15(21-3)7-17(16)22-4/h5-7,11-13H,8-10H2,1-4H3. The van der Waals surface area contributed by atoms with Crippen molar-refractivity contribution in [3.63, 3.8) is 0 Å². The Hall–Kier alpha value is -1.63.